The first kappa shape index (κ1) is 13.0. The van der Waals surface area contributed by atoms with E-state index in [0.29, 0.717) is 22.8 Å². The quantitative estimate of drug-likeness (QED) is 0.862. The van der Waals surface area contributed by atoms with E-state index < -0.39 is 0 Å². The lowest BCUT2D eigenvalue weighted by atomic mass is 10.4. The molecule has 0 saturated heterocycles. The minimum absolute atomic E-state index is 0.149. The van der Waals surface area contributed by atoms with Gasteiger partial charge in [-0.3, -0.25) is 0 Å². The second-order valence-corrected chi connectivity index (χ2v) is 4.66. The van der Waals surface area contributed by atoms with Crippen molar-refractivity contribution in [1.29, 1.82) is 0 Å². The van der Waals surface area contributed by atoms with Crippen LogP contribution in [0.1, 0.15) is 12.5 Å². The standard InChI is InChI=1S/C10H11ClN6S/c1-3-12-8-15-7(11)16-10(17-8)18-9-13-4-6(2)5-14-9/h4-5H,3H2,1-2H3,(H,12,15,16,17). The minimum atomic E-state index is 0.149. The maximum absolute atomic E-state index is 5.82. The Labute approximate surface area is 114 Å². The van der Waals surface area contributed by atoms with E-state index in [1.54, 1.807) is 12.4 Å². The van der Waals surface area contributed by atoms with Crippen molar-refractivity contribution in [2.45, 2.75) is 24.2 Å². The smallest absolute Gasteiger partial charge is 0.228 e. The molecule has 0 atom stereocenters. The van der Waals surface area contributed by atoms with Gasteiger partial charge in [-0.05, 0) is 42.8 Å². The van der Waals surface area contributed by atoms with E-state index in [-0.39, 0.29) is 5.28 Å². The molecule has 0 spiro atoms. The first-order chi connectivity index (χ1) is 8.67. The molecule has 94 valence electrons. The van der Waals surface area contributed by atoms with Crippen molar-refractivity contribution in [2.24, 2.45) is 0 Å². The lowest BCUT2D eigenvalue weighted by molar-refractivity contribution is 0.882. The molecule has 0 fully saturated rings. The molecule has 0 saturated carbocycles. The van der Waals surface area contributed by atoms with Crippen LogP contribution in [0.25, 0.3) is 0 Å². The summed E-state index contributed by atoms with van der Waals surface area (Å²) < 4.78 is 0. The van der Waals surface area contributed by atoms with Gasteiger partial charge in [-0.1, -0.05) is 0 Å². The molecule has 2 heterocycles. The third-order valence-corrected chi connectivity index (χ3v) is 2.79. The van der Waals surface area contributed by atoms with Gasteiger partial charge in [-0.2, -0.15) is 15.0 Å². The van der Waals surface area contributed by atoms with E-state index in [9.17, 15) is 0 Å². The minimum Gasteiger partial charge on any atom is -0.354 e. The highest BCUT2D eigenvalue weighted by Crippen LogP contribution is 2.22. The van der Waals surface area contributed by atoms with Crippen LogP contribution >= 0.6 is 23.4 Å². The molecule has 8 heteroatoms. The van der Waals surface area contributed by atoms with Crippen molar-refractivity contribution >= 4 is 29.3 Å². The van der Waals surface area contributed by atoms with Crippen molar-refractivity contribution in [3.05, 3.63) is 23.2 Å². The van der Waals surface area contributed by atoms with E-state index >= 15 is 0 Å². The average Bonchev–Trinajstić information content (AvgIpc) is 2.32. The van der Waals surface area contributed by atoms with Crippen LogP contribution in [0, 0.1) is 6.92 Å². The summed E-state index contributed by atoms with van der Waals surface area (Å²) in [5.41, 5.74) is 1.00. The Morgan fingerprint density at radius 1 is 1.17 bits per heavy atom. The largest absolute Gasteiger partial charge is 0.354 e. The number of hydrogen-bond acceptors (Lipinski definition) is 7. The Morgan fingerprint density at radius 2 is 1.89 bits per heavy atom. The molecule has 0 aromatic carbocycles. The molecule has 0 aliphatic carbocycles. The molecule has 0 amide bonds. The summed E-state index contributed by atoms with van der Waals surface area (Å²) in [4.78, 5) is 20.5. The molecule has 0 unspecified atom stereocenters. The summed E-state index contributed by atoms with van der Waals surface area (Å²) in [6.07, 6.45) is 3.48. The normalized spacial score (nSPS) is 10.4. The predicted octanol–water partition coefficient (Wildman–Crippen LogP) is 2.21. The molecule has 1 N–H and O–H groups in total. The van der Waals surface area contributed by atoms with Gasteiger partial charge in [0, 0.05) is 18.9 Å². The van der Waals surface area contributed by atoms with E-state index in [1.165, 1.54) is 11.8 Å². The Morgan fingerprint density at radius 3 is 2.56 bits per heavy atom. The first-order valence-electron chi connectivity index (χ1n) is 5.29. The summed E-state index contributed by atoms with van der Waals surface area (Å²) in [7, 11) is 0. The molecule has 0 radical (unpaired) electrons. The molecule has 18 heavy (non-hydrogen) atoms. The number of anilines is 1. The van der Waals surface area contributed by atoms with Gasteiger partial charge >= 0.3 is 0 Å². The van der Waals surface area contributed by atoms with Crippen molar-refractivity contribution in [1.82, 2.24) is 24.9 Å². The molecule has 2 aromatic heterocycles. The Balaban J connectivity index is 2.20. The summed E-state index contributed by atoms with van der Waals surface area (Å²) in [5.74, 6) is 0.451. The van der Waals surface area contributed by atoms with E-state index in [4.69, 9.17) is 11.6 Å². The fourth-order valence-electron chi connectivity index (χ4n) is 1.13. The highest BCUT2D eigenvalue weighted by Gasteiger charge is 2.07. The van der Waals surface area contributed by atoms with Gasteiger partial charge in [0.2, 0.25) is 16.4 Å². The summed E-state index contributed by atoms with van der Waals surface area (Å²) in [5, 5.41) is 4.17. The predicted molar refractivity (Wildman–Crippen MR) is 69.9 cm³/mol. The lowest BCUT2D eigenvalue weighted by Crippen LogP contribution is -2.04. The van der Waals surface area contributed by atoms with Gasteiger partial charge in [-0.25, -0.2) is 9.97 Å². The zero-order valence-electron chi connectivity index (χ0n) is 9.88. The fourth-order valence-corrected chi connectivity index (χ4v) is 1.98. The topological polar surface area (TPSA) is 76.5 Å². The highest BCUT2D eigenvalue weighted by atomic mass is 35.5. The first-order valence-corrected chi connectivity index (χ1v) is 6.48. The lowest BCUT2D eigenvalue weighted by Gasteiger charge is -2.03. The van der Waals surface area contributed by atoms with Crippen LogP contribution in [0.3, 0.4) is 0 Å². The zero-order chi connectivity index (χ0) is 13.0. The number of halogens is 1. The molecule has 2 aromatic rings. The third-order valence-electron chi connectivity index (χ3n) is 1.86. The number of aryl methyl sites for hydroxylation is 1. The average molecular weight is 283 g/mol. The van der Waals surface area contributed by atoms with Gasteiger partial charge in [0.1, 0.15) is 0 Å². The van der Waals surface area contributed by atoms with Crippen LogP contribution in [0.5, 0.6) is 0 Å². The van der Waals surface area contributed by atoms with E-state index in [0.717, 1.165) is 5.56 Å². The molecular formula is C10H11ClN6S. The zero-order valence-corrected chi connectivity index (χ0v) is 11.5. The molecule has 0 aliphatic heterocycles. The summed E-state index contributed by atoms with van der Waals surface area (Å²) in [6, 6.07) is 0. The molecule has 0 aliphatic rings. The second-order valence-electron chi connectivity index (χ2n) is 3.39. The molecule has 2 rings (SSSR count). The van der Waals surface area contributed by atoms with Crippen LogP contribution < -0.4 is 5.32 Å². The number of rotatable bonds is 4. The molecule has 0 bridgehead atoms. The van der Waals surface area contributed by atoms with Gasteiger partial charge in [0.15, 0.2) is 5.16 Å². The third kappa shape index (κ3) is 3.51. The van der Waals surface area contributed by atoms with Gasteiger partial charge < -0.3 is 5.32 Å². The maximum atomic E-state index is 5.82. The SMILES string of the molecule is CCNc1nc(Cl)nc(Sc2ncc(C)cn2)n1. The van der Waals surface area contributed by atoms with E-state index in [2.05, 4.69) is 30.2 Å². The number of hydrogen-bond donors (Lipinski definition) is 1. The van der Waals surface area contributed by atoms with Crippen molar-refractivity contribution < 1.29 is 0 Å². The number of nitrogens with zero attached hydrogens (tertiary/aromatic N) is 5. The van der Waals surface area contributed by atoms with E-state index in [1.807, 2.05) is 13.8 Å². The Bertz CT molecular complexity index is 532. The van der Waals surface area contributed by atoms with Crippen LogP contribution in [0.4, 0.5) is 5.95 Å². The maximum Gasteiger partial charge on any atom is 0.228 e. The highest BCUT2D eigenvalue weighted by molar-refractivity contribution is 7.99. The van der Waals surface area contributed by atoms with Gasteiger partial charge in [-0.15, -0.1) is 0 Å². The number of nitrogens with one attached hydrogen (secondary N) is 1. The van der Waals surface area contributed by atoms with Crippen molar-refractivity contribution in [3.8, 4) is 0 Å². The second kappa shape index (κ2) is 5.92. The Hall–Kier alpha value is -1.47. The van der Waals surface area contributed by atoms with Gasteiger partial charge in [0.05, 0.1) is 0 Å². The molecular weight excluding hydrogens is 272 g/mol. The van der Waals surface area contributed by atoms with Crippen LogP contribution in [-0.4, -0.2) is 31.5 Å². The summed E-state index contributed by atoms with van der Waals surface area (Å²) >= 11 is 7.06. The van der Waals surface area contributed by atoms with Crippen LogP contribution in [-0.2, 0) is 0 Å². The Kier molecular flexibility index (Phi) is 4.27. The van der Waals surface area contributed by atoms with Crippen LogP contribution in [0.2, 0.25) is 5.28 Å². The van der Waals surface area contributed by atoms with Crippen LogP contribution in [0.15, 0.2) is 22.7 Å². The molecule has 6 nitrogen and oxygen atoms in total. The van der Waals surface area contributed by atoms with Crippen molar-refractivity contribution in [2.75, 3.05) is 11.9 Å². The number of aromatic nitrogens is 5. The monoisotopic (exact) mass is 282 g/mol. The van der Waals surface area contributed by atoms with Crippen molar-refractivity contribution in [3.63, 3.8) is 0 Å². The fraction of sp³-hybridized carbons (Fsp3) is 0.300. The summed E-state index contributed by atoms with van der Waals surface area (Å²) in [6.45, 7) is 4.59. The van der Waals surface area contributed by atoms with Gasteiger partial charge in [0.25, 0.3) is 0 Å².